The van der Waals surface area contributed by atoms with Gasteiger partial charge < -0.3 is 10.6 Å². The quantitative estimate of drug-likeness (QED) is 0.637. The standard InChI is InChI=1S/C13H16N6O3/c1-9(7-14)17(2)13(20)12-8-18(16-15-12)10-4-3-5-11(6-10)19(21)22/h3-6,8-9H,7,14H2,1-2H3. The monoisotopic (exact) mass is 304 g/mol. The van der Waals surface area contributed by atoms with E-state index in [1.807, 2.05) is 6.92 Å². The highest BCUT2D eigenvalue weighted by Crippen LogP contribution is 2.16. The van der Waals surface area contributed by atoms with Crippen LogP contribution in [0.3, 0.4) is 0 Å². The summed E-state index contributed by atoms with van der Waals surface area (Å²) in [5.41, 5.74) is 6.07. The van der Waals surface area contributed by atoms with Crippen LogP contribution in [0.15, 0.2) is 30.5 Å². The summed E-state index contributed by atoms with van der Waals surface area (Å²) in [7, 11) is 1.63. The first-order chi connectivity index (χ1) is 10.4. The minimum Gasteiger partial charge on any atom is -0.336 e. The Labute approximate surface area is 126 Å². The molecule has 116 valence electrons. The lowest BCUT2D eigenvalue weighted by molar-refractivity contribution is -0.384. The number of benzene rings is 1. The van der Waals surface area contributed by atoms with Crippen molar-refractivity contribution in [2.24, 2.45) is 5.73 Å². The molecule has 2 N–H and O–H groups in total. The van der Waals surface area contributed by atoms with Gasteiger partial charge in [0, 0.05) is 31.8 Å². The fourth-order valence-corrected chi connectivity index (χ4v) is 1.78. The number of nitro groups is 1. The molecule has 0 aliphatic heterocycles. The van der Waals surface area contributed by atoms with E-state index in [9.17, 15) is 14.9 Å². The van der Waals surface area contributed by atoms with Crippen LogP contribution in [0.4, 0.5) is 5.69 Å². The minimum absolute atomic E-state index is 0.0604. The zero-order valence-corrected chi connectivity index (χ0v) is 12.2. The van der Waals surface area contributed by atoms with Crippen LogP contribution in [0.25, 0.3) is 5.69 Å². The Morgan fingerprint density at radius 2 is 2.27 bits per heavy atom. The van der Waals surface area contributed by atoms with E-state index < -0.39 is 4.92 Å². The van der Waals surface area contributed by atoms with E-state index in [2.05, 4.69) is 10.3 Å². The molecule has 0 saturated carbocycles. The molecule has 0 aliphatic carbocycles. The van der Waals surface area contributed by atoms with E-state index in [1.54, 1.807) is 19.2 Å². The Bertz CT molecular complexity index is 699. The molecule has 1 amide bonds. The van der Waals surface area contributed by atoms with Crippen LogP contribution in [0.2, 0.25) is 0 Å². The largest absolute Gasteiger partial charge is 0.336 e. The Balaban J connectivity index is 2.26. The van der Waals surface area contributed by atoms with Crippen LogP contribution in [-0.2, 0) is 0 Å². The summed E-state index contributed by atoms with van der Waals surface area (Å²) in [4.78, 5) is 24.0. The topological polar surface area (TPSA) is 120 Å². The second-order valence-corrected chi connectivity index (χ2v) is 4.83. The van der Waals surface area contributed by atoms with E-state index in [-0.39, 0.29) is 23.3 Å². The molecule has 0 radical (unpaired) electrons. The second-order valence-electron chi connectivity index (χ2n) is 4.83. The summed E-state index contributed by atoms with van der Waals surface area (Å²) >= 11 is 0. The normalized spacial score (nSPS) is 12.0. The lowest BCUT2D eigenvalue weighted by Crippen LogP contribution is -2.39. The van der Waals surface area contributed by atoms with Gasteiger partial charge in [-0.1, -0.05) is 11.3 Å². The van der Waals surface area contributed by atoms with E-state index in [0.29, 0.717) is 12.2 Å². The lowest BCUT2D eigenvalue weighted by atomic mass is 10.2. The maximum absolute atomic E-state index is 12.2. The van der Waals surface area contributed by atoms with Gasteiger partial charge in [0.15, 0.2) is 5.69 Å². The van der Waals surface area contributed by atoms with Crippen LogP contribution < -0.4 is 5.73 Å². The number of aromatic nitrogens is 3. The van der Waals surface area contributed by atoms with Crippen molar-refractivity contribution in [3.8, 4) is 5.69 Å². The summed E-state index contributed by atoms with van der Waals surface area (Å²) in [5.74, 6) is -0.311. The summed E-state index contributed by atoms with van der Waals surface area (Å²) in [6.45, 7) is 2.16. The molecule has 0 bridgehead atoms. The first kappa shape index (κ1) is 15.6. The SMILES string of the molecule is CC(CN)N(C)C(=O)c1cn(-c2cccc([N+](=O)[O-])c2)nn1. The fraction of sp³-hybridized carbons (Fsp3) is 0.308. The molecule has 9 heteroatoms. The van der Waals surface area contributed by atoms with Crippen LogP contribution >= 0.6 is 0 Å². The first-order valence-electron chi connectivity index (χ1n) is 6.58. The van der Waals surface area contributed by atoms with E-state index >= 15 is 0 Å². The Morgan fingerprint density at radius 3 is 2.91 bits per heavy atom. The molecule has 9 nitrogen and oxygen atoms in total. The van der Waals surface area contributed by atoms with Crippen molar-refractivity contribution in [2.45, 2.75) is 13.0 Å². The highest BCUT2D eigenvalue weighted by Gasteiger charge is 2.20. The highest BCUT2D eigenvalue weighted by molar-refractivity contribution is 5.92. The molecule has 1 aromatic carbocycles. The van der Waals surface area contributed by atoms with E-state index in [4.69, 9.17) is 5.73 Å². The van der Waals surface area contributed by atoms with Crippen molar-refractivity contribution in [1.29, 1.82) is 0 Å². The average molecular weight is 304 g/mol. The fourth-order valence-electron chi connectivity index (χ4n) is 1.78. The molecule has 2 rings (SSSR count). The zero-order chi connectivity index (χ0) is 16.3. The van der Waals surface area contributed by atoms with Gasteiger partial charge in [-0.05, 0) is 13.0 Å². The molecule has 1 aromatic heterocycles. The number of nitrogens with zero attached hydrogens (tertiary/aromatic N) is 5. The van der Waals surface area contributed by atoms with Crippen LogP contribution in [0.5, 0.6) is 0 Å². The van der Waals surface area contributed by atoms with Gasteiger partial charge in [-0.3, -0.25) is 14.9 Å². The maximum atomic E-state index is 12.2. The molecule has 0 fully saturated rings. The van der Waals surface area contributed by atoms with Crippen molar-refractivity contribution in [1.82, 2.24) is 19.9 Å². The summed E-state index contributed by atoms with van der Waals surface area (Å²) in [6.07, 6.45) is 1.43. The average Bonchev–Trinajstić information content (AvgIpc) is 3.02. The number of carbonyl (C=O) groups is 1. The summed E-state index contributed by atoms with van der Waals surface area (Å²) < 4.78 is 1.32. The third-order valence-corrected chi connectivity index (χ3v) is 3.34. The third kappa shape index (κ3) is 3.09. The molecule has 1 atom stereocenters. The molecule has 1 heterocycles. The first-order valence-corrected chi connectivity index (χ1v) is 6.58. The number of amides is 1. The summed E-state index contributed by atoms with van der Waals surface area (Å²) in [5, 5.41) is 18.4. The number of rotatable bonds is 5. The Hall–Kier alpha value is -2.81. The second kappa shape index (κ2) is 6.31. The molecule has 0 spiro atoms. The molecule has 22 heavy (non-hydrogen) atoms. The zero-order valence-electron chi connectivity index (χ0n) is 12.2. The lowest BCUT2D eigenvalue weighted by Gasteiger charge is -2.22. The van der Waals surface area contributed by atoms with Gasteiger partial charge in [0.1, 0.15) is 0 Å². The van der Waals surface area contributed by atoms with Gasteiger partial charge in [-0.15, -0.1) is 5.10 Å². The number of non-ortho nitro benzene ring substituents is 1. The van der Waals surface area contributed by atoms with Crippen molar-refractivity contribution in [3.63, 3.8) is 0 Å². The van der Waals surface area contributed by atoms with Gasteiger partial charge in [0.05, 0.1) is 16.8 Å². The predicted molar refractivity (Wildman–Crippen MR) is 78.6 cm³/mol. The van der Waals surface area contributed by atoms with Gasteiger partial charge in [-0.2, -0.15) is 0 Å². The molecule has 0 saturated heterocycles. The Kier molecular flexibility index (Phi) is 4.47. The predicted octanol–water partition coefficient (Wildman–Crippen LogP) is 0.595. The molecular weight excluding hydrogens is 288 g/mol. The highest BCUT2D eigenvalue weighted by atomic mass is 16.6. The third-order valence-electron chi connectivity index (χ3n) is 3.34. The number of carbonyl (C=O) groups excluding carboxylic acids is 1. The van der Waals surface area contributed by atoms with E-state index in [0.717, 1.165) is 0 Å². The maximum Gasteiger partial charge on any atom is 0.276 e. The van der Waals surface area contributed by atoms with Crippen LogP contribution in [0.1, 0.15) is 17.4 Å². The van der Waals surface area contributed by atoms with Crippen LogP contribution in [0, 0.1) is 10.1 Å². The minimum atomic E-state index is -0.497. The smallest absolute Gasteiger partial charge is 0.276 e. The van der Waals surface area contributed by atoms with Gasteiger partial charge in [0.25, 0.3) is 11.6 Å². The number of nitrogens with two attached hydrogens (primary N) is 1. The molecule has 1 unspecified atom stereocenters. The Morgan fingerprint density at radius 1 is 1.55 bits per heavy atom. The number of nitro benzene ring substituents is 1. The van der Waals surface area contributed by atoms with E-state index in [1.165, 1.54) is 27.9 Å². The van der Waals surface area contributed by atoms with Gasteiger partial charge in [0.2, 0.25) is 0 Å². The van der Waals surface area contributed by atoms with Crippen molar-refractivity contribution in [3.05, 3.63) is 46.3 Å². The van der Waals surface area contributed by atoms with Gasteiger partial charge in [-0.25, -0.2) is 4.68 Å². The summed E-state index contributed by atoms with van der Waals surface area (Å²) in [6, 6.07) is 5.79. The molecule has 2 aromatic rings. The molecule has 0 aliphatic rings. The number of hydrogen-bond acceptors (Lipinski definition) is 6. The number of hydrogen-bond donors (Lipinski definition) is 1. The van der Waals surface area contributed by atoms with Crippen molar-refractivity contribution >= 4 is 11.6 Å². The molecular formula is C13H16N6O3. The number of likely N-dealkylation sites (N-methyl/N-ethyl adjacent to an activating group) is 1. The van der Waals surface area contributed by atoms with Crippen molar-refractivity contribution in [2.75, 3.05) is 13.6 Å². The van der Waals surface area contributed by atoms with Gasteiger partial charge >= 0.3 is 0 Å². The van der Waals surface area contributed by atoms with Crippen molar-refractivity contribution < 1.29 is 9.72 Å². The van der Waals surface area contributed by atoms with Crippen LogP contribution in [-0.4, -0.2) is 50.4 Å².